The van der Waals surface area contributed by atoms with Crippen LogP contribution in [0.1, 0.15) is 11.1 Å². The summed E-state index contributed by atoms with van der Waals surface area (Å²) in [7, 11) is 1.70. The molecule has 6 rings (SSSR count). The first-order chi connectivity index (χ1) is 14.3. The molecule has 0 amide bonds. The van der Waals surface area contributed by atoms with Crippen molar-refractivity contribution >= 4 is 16.7 Å². The van der Waals surface area contributed by atoms with Crippen LogP contribution in [-0.4, -0.2) is 31.7 Å². The van der Waals surface area contributed by atoms with Gasteiger partial charge in [-0.3, -0.25) is 0 Å². The lowest BCUT2D eigenvalue weighted by Gasteiger charge is -2.11. The van der Waals surface area contributed by atoms with E-state index < -0.39 is 0 Å². The van der Waals surface area contributed by atoms with Gasteiger partial charge in [-0.1, -0.05) is 0 Å². The highest BCUT2D eigenvalue weighted by molar-refractivity contribution is 5.91. The zero-order valence-electron chi connectivity index (χ0n) is 15.8. The standard InChI is InChI=1S/C22H18N6O/c1-29-20-9-14-11-23-10-13(14)8-17(20)19-12-26-21-3-2-18(27-28(19)21)15-4-6-24-22-16(15)5-7-25-22/h2-9,12,23H,10-11H2,1H3,(H,24,25). The monoisotopic (exact) mass is 382 g/mol. The fourth-order valence-electron chi connectivity index (χ4n) is 4.08. The topological polar surface area (TPSA) is 80.1 Å². The summed E-state index contributed by atoms with van der Waals surface area (Å²) in [6, 6.07) is 12.3. The molecule has 0 saturated heterocycles. The van der Waals surface area contributed by atoms with Gasteiger partial charge >= 0.3 is 0 Å². The van der Waals surface area contributed by atoms with Gasteiger partial charge in [0.05, 0.1) is 24.7 Å². The van der Waals surface area contributed by atoms with Gasteiger partial charge < -0.3 is 15.0 Å². The van der Waals surface area contributed by atoms with Gasteiger partial charge in [-0.05, 0) is 47.5 Å². The molecule has 7 heteroatoms. The quantitative estimate of drug-likeness (QED) is 0.499. The molecule has 5 aromatic rings. The number of aromatic nitrogens is 5. The van der Waals surface area contributed by atoms with Crippen LogP contribution in [0.4, 0.5) is 0 Å². The van der Waals surface area contributed by atoms with Crippen LogP contribution in [0.5, 0.6) is 5.75 Å². The maximum absolute atomic E-state index is 5.70. The summed E-state index contributed by atoms with van der Waals surface area (Å²) in [5, 5.41) is 9.36. The van der Waals surface area contributed by atoms with Crippen LogP contribution in [0.2, 0.25) is 0 Å². The number of methoxy groups -OCH3 is 1. The minimum atomic E-state index is 0.795. The number of nitrogens with zero attached hydrogens (tertiary/aromatic N) is 4. The van der Waals surface area contributed by atoms with E-state index in [1.165, 1.54) is 11.1 Å². The summed E-state index contributed by atoms with van der Waals surface area (Å²) in [6.45, 7) is 1.74. The summed E-state index contributed by atoms with van der Waals surface area (Å²) in [4.78, 5) is 12.1. The lowest BCUT2D eigenvalue weighted by molar-refractivity contribution is 0.415. The Labute approximate surface area is 166 Å². The summed E-state index contributed by atoms with van der Waals surface area (Å²) >= 11 is 0. The number of H-pyrrole nitrogens is 1. The largest absolute Gasteiger partial charge is 0.496 e. The van der Waals surface area contributed by atoms with Gasteiger partial charge in [0.25, 0.3) is 0 Å². The molecule has 142 valence electrons. The number of rotatable bonds is 3. The van der Waals surface area contributed by atoms with Gasteiger partial charge in [0, 0.05) is 42.0 Å². The maximum atomic E-state index is 5.70. The molecule has 7 nitrogen and oxygen atoms in total. The molecule has 0 saturated carbocycles. The molecular formula is C22H18N6O. The Morgan fingerprint density at radius 3 is 2.79 bits per heavy atom. The molecular weight excluding hydrogens is 364 g/mol. The second kappa shape index (κ2) is 6.15. The van der Waals surface area contributed by atoms with E-state index in [9.17, 15) is 0 Å². The first kappa shape index (κ1) is 16.3. The third-order valence-electron chi connectivity index (χ3n) is 5.53. The molecule has 0 bridgehead atoms. The Bertz CT molecular complexity index is 1380. The van der Waals surface area contributed by atoms with Crippen LogP contribution in [-0.2, 0) is 13.1 Å². The van der Waals surface area contributed by atoms with Crippen molar-refractivity contribution in [2.75, 3.05) is 7.11 Å². The molecule has 4 aromatic heterocycles. The van der Waals surface area contributed by atoms with Crippen LogP contribution in [0.15, 0.2) is 55.0 Å². The smallest absolute Gasteiger partial charge is 0.154 e. The highest BCUT2D eigenvalue weighted by atomic mass is 16.5. The summed E-state index contributed by atoms with van der Waals surface area (Å²) in [6.07, 6.45) is 5.55. The second-order valence-corrected chi connectivity index (χ2v) is 7.16. The molecule has 29 heavy (non-hydrogen) atoms. The van der Waals surface area contributed by atoms with Gasteiger partial charge in [0.1, 0.15) is 11.4 Å². The minimum Gasteiger partial charge on any atom is -0.496 e. The van der Waals surface area contributed by atoms with E-state index in [4.69, 9.17) is 9.84 Å². The van der Waals surface area contributed by atoms with Crippen molar-refractivity contribution in [3.8, 4) is 28.3 Å². The third kappa shape index (κ3) is 2.44. The number of hydrogen-bond donors (Lipinski definition) is 2. The molecule has 0 aliphatic carbocycles. The first-order valence-electron chi connectivity index (χ1n) is 9.50. The summed E-state index contributed by atoms with van der Waals surface area (Å²) < 4.78 is 7.59. The van der Waals surface area contributed by atoms with Crippen molar-refractivity contribution in [1.29, 1.82) is 0 Å². The van der Waals surface area contributed by atoms with E-state index in [1.807, 2.05) is 41.2 Å². The minimum absolute atomic E-state index is 0.795. The summed E-state index contributed by atoms with van der Waals surface area (Å²) in [5.74, 6) is 0.832. The van der Waals surface area contributed by atoms with E-state index in [2.05, 4.69) is 32.4 Å². The van der Waals surface area contributed by atoms with Crippen LogP contribution < -0.4 is 10.1 Å². The van der Waals surface area contributed by atoms with Crippen LogP contribution >= 0.6 is 0 Å². The van der Waals surface area contributed by atoms with Crippen molar-refractivity contribution in [1.82, 2.24) is 29.9 Å². The van der Waals surface area contributed by atoms with Crippen molar-refractivity contribution in [2.45, 2.75) is 13.1 Å². The molecule has 2 N–H and O–H groups in total. The number of nitrogens with one attached hydrogen (secondary N) is 2. The van der Waals surface area contributed by atoms with E-state index in [-0.39, 0.29) is 0 Å². The van der Waals surface area contributed by atoms with Gasteiger partial charge in [0.2, 0.25) is 0 Å². The van der Waals surface area contributed by atoms with Crippen molar-refractivity contribution in [3.05, 3.63) is 66.1 Å². The second-order valence-electron chi connectivity index (χ2n) is 7.16. The maximum Gasteiger partial charge on any atom is 0.154 e. The lowest BCUT2D eigenvalue weighted by atomic mass is 10.0. The Morgan fingerprint density at radius 1 is 1.00 bits per heavy atom. The predicted molar refractivity (Wildman–Crippen MR) is 111 cm³/mol. The number of pyridine rings is 1. The van der Waals surface area contributed by atoms with Crippen LogP contribution in [0, 0.1) is 0 Å². The Morgan fingerprint density at radius 2 is 1.90 bits per heavy atom. The normalized spacial score (nSPS) is 13.3. The Balaban J connectivity index is 1.57. The average Bonchev–Trinajstić information content (AvgIpc) is 3.50. The van der Waals surface area contributed by atoms with E-state index in [0.29, 0.717) is 0 Å². The number of hydrogen-bond acceptors (Lipinski definition) is 5. The fraction of sp³-hybridized carbons (Fsp3) is 0.136. The van der Waals surface area contributed by atoms with Gasteiger partial charge in [-0.2, -0.15) is 5.10 Å². The molecule has 1 aliphatic rings. The first-order valence-corrected chi connectivity index (χ1v) is 9.50. The molecule has 5 heterocycles. The number of aromatic amines is 1. The zero-order chi connectivity index (χ0) is 19.4. The van der Waals surface area contributed by atoms with Gasteiger partial charge in [-0.25, -0.2) is 14.5 Å². The van der Waals surface area contributed by atoms with E-state index in [1.54, 1.807) is 13.3 Å². The van der Waals surface area contributed by atoms with Crippen molar-refractivity contribution in [2.24, 2.45) is 0 Å². The van der Waals surface area contributed by atoms with Gasteiger partial charge in [0.15, 0.2) is 5.65 Å². The number of benzene rings is 1. The fourth-order valence-corrected chi connectivity index (χ4v) is 4.08. The lowest BCUT2D eigenvalue weighted by Crippen LogP contribution is -2.00. The molecule has 1 aromatic carbocycles. The molecule has 0 atom stereocenters. The van der Waals surface area contributed by atoms with Gasteiger partial charge in [-0.15, -0.1) is 0 Å². The van der Waals surface area contributed by atoms with Crippen molar-refractivity contribution in [3.63, 3.8) is 0 Å². The van der Waals surface area contributed by atoms with E-state index >= 15 is 0 Å². The Hall–Kier alpha value is -3.71. The third-order valence-corrected chi connectivity index (χ3v) is 5.53. The molecule has 0 fully saturated rings. The average molecular weight is 382 g/mol. The molecule has 0 unspecified atom stereocenters. The summed E-state index contributed by atoms with van der Waals surface area (Å²) in [5.41, 5.74) is 8.01. The van der Waals surface area contributed by atoms with Crippen molar-refractivity contribution < 1.29 is 4.74 Å². The zero-order valence-corrected chi connectivity index (χ0v) is 15.8. The highest BCUT2D eigenvalue weighted by Crippen LogP contribution is 2.35. The molecule has 0 radical (unpaired) electrons. The van der Waals surface area contributed by atoms with Crippen LogP contribution in [0.25, 0.3) is 39.2 Å². The predicted octanol–water partition coefficient (Wildman–Crippen LogP) is 3.55. The van der Waals surface area contributed by atoms with E-state index in [0.717, 1.165) is 58.0 Å². The molecule has 0 spiro atoms. The SMILES string of the molecule is COc1cc2c(cc1-c1cnc3ccc(-c4ccnc5[nH]ccc45)nn13)CNC2. The number of ether oxygens (including phenoxy) is 1. The molecule has 1 aliphatic heterocycles. The highest BCUT2D eigenvalue weighted by Gasteiger charge is 2.19. The number of imidazole rings is 1. The van der Waals surface area contributed by atoms with Crippen LogP contribution in [0.3, 0.4) is 0 Å². The Kier molecular flexibility index (Phi) is 3.45. The number of fused-ring (bicyclic) bond motifs is 3.